The molecule has 0 N–H and O–H groups in total. The van der Waals surface area contributed by atoms with Crippen molar-refractivity contribution in [1.82, 2.24) is 24.8 Å². The number of anilines is 1. The van der Waals surface area contributed by atoms with Crippen LogP contribution in [-0.2, 0) is 16.6 Å². The van der Waals surface area contributed by atoms with Gasteiger partial charge in [0.05, 0.1) is 34.7 Å². The van der Waals surface area contributed by atoms with E-state index >= 15 is 0 Å². The van der Waals surface area contributed by atoms with Crippen LogP contribution in [0.25, 0.3) is 16.9 Å². The highest BCUT2D eigenvalue weighted by Gasteiger charge is 2.36. The number of nitrogens with zero attached hydrogens (tertiary/aromatic N) is 6. The molecule has 0 saturated carbocycles. The first-order valence-corrected chi connectivity index (χ1v) is 10.5. The van der Waals surface area contributed by atoms with Gasteiger partial charge in [-0.1, -0.05) is 41.6 Å². The molecule has 3 heterocycles. The largest absolute Gasteiger partial charge is 0.265 e. The van der Waals surface area contributed by atoms with Crippen LogP contribution < -0.4 is 4.31 Å². The normalized spacial score (nSPS) is 14.5. The van der Waals surface area contributed by atoms with Gasteiger partial charge in [-0.05, 0) is 25.1 Å². The lowest BCUT2D eigenvalue weighted by molar-refractivity contribution is 0.593. The molecule has 0 bridgehead atoms. The van der Waals surface area contributed by atoms with Crippen molar-refractivity contribution >= 4 is 15.7 Å². The average molecular weight is 406 g/mol. The van der Waals surface area contributed by atoms with Gasteiger partial charge in [-0.25, -0.2) is 13.1 Å². The molecule has 0 saturated heterocycles. The number of aromatic nitrogens is 5. The molecule has 146 valence electrons. The molecule has 0 aliphatic carbocycles. The summed E-state index contributed by atoms with van der Waals surface area (Å²) in [7, 11) is -2.04. The maximum absolute atomic E-state index is 12.9. The third-order valence-electron chi connectivity index (χ3n) is 5.06. The lowest BCUT2D eigenvalue weighted by Crippen LogP contribution is -2.31. The number of fused-ring (bicyclic) bond motifs is 3. The lowest BCUT2D eigenvalue weighted by atomic mass is 10.1. The summed E-state index contributed by atoms with van der Waals surface area (Å²) in [6.45, 7) is 2.20. The molecule has 1 aliphatic rings. The summed E-state index contributed by atoms with van der Waals surface area (Å²) in [5.41, 5.74) is 4.31. The predicted octanol–water partition coefficient (Wildman–Crippen LogP) is 2.63. The molecule has 0 radical (unpaired) electrons. The van der Waals surface area contributed by atoms with Crippen LogP contribution in [-0.4, -0.2) is 40.2 Å². The second-order valence-electron chi connectivity index (χ2n) is 6.90. The summed E-state index contributed by atoms with van der Waals surface area (Å²) in [5, 5.41) is 13.1. The number of rotatable bonds is 3. The Morgan fingerprint density at radius 3 is 2.52 bits per heavy atom. The second-order valence-corrected chi connectivity index (χ2v) is 8.84. The van der Waals surface area contributed by atoms with E-state index in [0.717, 1.165) is 17.1 Å². The highest BCUT2D eigenvalue weighted by Crippen LogP contribution is 2.43. The zero-order valence-electron chi connectivity index (χ0n) is 15.9. The van der Waals surface area contributed by atoms with Crippen LogP contribution in [0.3, 0.4) is 0 Å². The fourth-order valence-corrected chi connectivity index (χ4v) is 5.16. The maximum Gasteiger partial charge on any atom is 0.264 e. The summed E-state index contributed by atoms with van der Waals surface area (Å²) < 4.78 is 30.6. The van der Waals surface area contributed by atoms with Crippen molar-refractivity contribution in [3.05, 3.63) is 72.2 Å². The molecule has 4 aromatic rings. The van der Waals surface area contributed by atoms with Gasteiger partial charge in [-0.2, -0.15) is 5.10 Å². The van der Waals surface area contributed by atoms with Crippen molar-refractivity contribution in [2.75, 3.05) is 11.4 Å². The van der Waals surface area contributed by atoms with E-state index in [9.17, 15) is 8.42 Å². The van der Waals surface area contributed by atoms with E-state index in [-0.39, 0.29) is 4.90 Å². The van der Waals surface area contributed by atoms with E-state index in [1.54, 1.807) is 28.5 Å². The Hall–Kier alpha value is -3.46. The van der Waals surface area contributed by atoms with Crippen molar-refractivity contribution in [1.29, 1.82) is 0 Å². The SMILES string of the molecule is Cc1nn(Cc2cn(-c3ccccc3)nn2)c2c1N(C)S(=O)(=O)c1ccccc1-2. The van der Waals surface area contributed by atoms with Crippen LogP contribution in [0.4, 0.5) is 5.69 Å². The molecule has 9 heteroatoms. The van der Waals surface area contributed by atoms with Crippen molar-refractivity contribution in [3.8, 4) is 16.9 Å². The topological polar surface area (TPSA) is 85.9 Å². The van der Waals surface area contributed by atoms with E-state index in [2.05, 4.69) is 15.4 Å². The van der Waals surface area contributed by atoms with Gasteiger partial charge in [0.1, 0.15) is 11.4 Å². The number of para-hydroxylation sites is 1. The standard InChI is InChI=1S/C20H18N6O2S/c1-14-19-20(17-10-6-7-11-18(17)29(27,28)24(19)2)26(22-14)13-15-12-25(23-21-15)16-8-4-3-5-9-16/h3-12H,13H2,1-2H3. The summed E-state index contributed by atoms with van der Waals surface area (Å²) in [4.78, 5) is 0.282. The molecule has 29 heavy (non-hydrogen) atoms. The van der Waals surface area contributed by atoms with Gasteiger partial charge in [0, 0.05) is 12.6 Å². The van der Waals surface area contributed by atoms with Crippen molar-refractivity contribution in [3.63, 3.8) is 0 Å². The molecular formula is C20H18N6O2S. The number of sulfonamides is 1. The van der Waals surface area contributed by atoms with Gasteiger partial charge in [0.15, 0.2) is 0 Å². The van der Waals surface area contributed by atoms with E-state index in [1.807, 2.05) is 55.6 Å². The first kappa shape index (κ1) is 17.6. The van der Waals surface area contributed by atoms with Gasteiger partial charge >= 0.3 is 0 Å². The fourth-order valence-electron chi connectivity index (χ4n) is 3.72. The van der Waals surface area contributed by atoms with Gasteiger partial charge < -0.3 is 0 Å². The van der Waals surface area contributed by atoms with Crippen molar-refractivity contribution in [2.24, 2.45) is 0 Å². The Balaban J connectivity index is 1.60. The number of aryl methyl sites for hydroxylation is 1. The van der Waals surface area contributed by atoms with Crippen molar-refractivity contribution in [2.45, 2.75) is 18.4 Å². The summed E-state index contributed by atoms with van der Waals surface area (Å²) in [5.74, 6) is 0. The molecule has 0 fully saturated rings. The molecule has 5 rings (SSSR count). The minimum Gasteiger partial charge on any atom is -0.265 e. The first-order valence-electron chi connectivity index (χ1n) is 9.09. The fraction of sp³-hybridized carbons (Fsp3) is 0.150. The molecule has 0 spiro atoms. The Kier molecular flexibility index (Phi) is 3.82. The highest BCUT2D eigenvalue weighted by atomic mass is 32.2. The van der Waals surface area contributed by atoms with Crippen LogP contribution in [0.1, 0.15) is 11.4 Å². The van der Waals surface area contributed by atoms with Crippen LogP contribution in [0.5, 0.6) is 0 Å². The summed E-state index contributed by atoms with van der Waals surface area (Å²) in [6.07, 6.45) is 1.86. The van der Waals surface area contributed by atoms with Crippen LogP contribution in [0.15, 0.2) is 65.7 Å². The van der Waals surface area contributed by atoms with Gasteiger partial charge in [-0.15, -0.1) is 5.10 Å². The third-order valence-corrected chi connectivity index (χ3v) is 6.88. The lowest BCUT2D eigenvalue weighted by Gasteiger charge is -2.27. The molecule has 8 nitrogen and oxygen atoms in total. The molecule has 1 aliphatic heterocycles. The highest BCUT2D eigenvalue weighted by molar-refractivity contribution is 7.93. The summed E-state index contributed by atoms with van der Waals surface area (Å²) >= 11 is 0. The van der Waals surface area contributed by atoms with Gasteiger partial charge in [-0.3, -0.25) is 8.99 Å². The minimum atomic E-state index is -3.60. The summed E-state index contributed by atoms with van der Waals surface area (Å²) in [6, 6.07) is 16.7. The van der Waals surface area contributed by atoms with Crippen LogP contribution in [0.2, 0.25) is 0 Å². The Bertz CT molecular complexity index is 1320. The second kappa shape index (κ2) is 6.28. The first-order chi connectivity index (χ1) is 14.0. The smallest absolute Gasteiger partial charge is 0.264 e. The average Bonchev–Trinajstić information content (AvgIpc) is 3.32. The molecule has 2 aromatic carbocycles. The molecule has 0 atom stereocenters. The predicted molar refractivity (Wildman–Crippen MR) is 108 cm³/mol. The Morgan fingerprint density at radius 1 is 1.00 bits per heavy atom. The Labute approximate surface area is 168 Å². The quantitative estimate of drug-likeness (QED) is 0.522. The minimum absolute atomic E-state index is 0.282. The zero-order chi connectivity index (χ0) is 20.2. The molecule has 0 unspecified atom stereocenters. The molecule has 2 aromatic heterocycles. The van der Waals surface area contributed by atoms with E-state index in [1.165, 1.54) is 4.31 Å². The zero-order valence-corrected chi connectivity index (χ0v) is 16.7. The van der Waals surface area contributed by atoms with Crippen molar-refractivity contribution < 1.29 is 8.42 Å². The number of benzene rings is 2. The van der Waals surface area contributed by atoms with E-state index < -0.39 is 10.0 Å². The third kappa shape index (κ3) is 2.65. The van der Waals surface area contributed by atoms with Gasteiger partial charge in [0.2, 0.25) is 0 Å². The van der Waals surface area contributed by atoms with E-state index in [0.29, 0.717) is 23.5 Å². The van der Waals surface area contributed by atoms with Crippen LogP contribution in [0, 0.1) is 6.92 Å². The Morgan fingerprint density at radius 2 is 1.72 bits per heavy atom. The maximum atomic E-state index is 12.9. The van der Waals surface area contributed by atoms with Gasteiger partial charge in [0.25, 0.3) is 10.0 Å². The van der Waals surface area contributed by atoms with E-state index in [4.69, 9.17) is 0 Å². The van der Waals surface area contributed by atoms with Crippen LogP contribution >= 0.6 is 0 Å². The molecule has 0 amide bonds. The monoisotopic (exact) mass is 406 g/mol. The molecular weight excluding hydrogens is 388 g/mol. The number of hydrogen-bond acceptors (Lipinski definition) is 5. The number of hydrogen-bond donors (Lipinski definition) is 0.